The predicted molar refractivity (Wildman–Crippen MR) is 38.0 cm³/mol. The zero-order chi connectivity index (χ0) is 6.69. The number of hydrogen-bond acceptors (Lipinski definition) is 1. The maximum Gasteiger partial charge on any atom is 0.118 e. The van der Waals surface area contributed by atoms with Crippen molar-refractivity contribution in [3.63, 3.8) is 0 Å². The van der Waals surface area contributed by atoms with Gasteiger partial charge in [0, 0.05) is 0 Å². The molecule has 0 fully saturated rings. The molecule has 1 rings (SSSR count). The minimum Gasteiger partial charge on any atom is -0.228 e. The summed E-state index contributed by atoms with van der Waals surface area (Å²) in [6, 6.07) is 1.89. The van der Waals surface area contributed by atoms with Crippen molar-refractivity contribution in [2.24, 2.45) is 0 Å². The van der Waals surface area contributed by atoms with Crippen molar-refractivity contribution >= 4 is 11.3 Å². The molecule has 0 aliphatic carbocycles. The molecule has 1 aromatic rings. The van der Waals surface area contributed by atoms with Gasteiger partial charge in [-0.25, -0.2) is 5.11 Å². The van der Waals surface area contributed by atoms with Crippen LogP contribution >= 0.6 is 11.3 Å². The molecule has 0 N–H and O–H groups in total. The van der Waals surface area contributed by atoms with Crippen molar-refractivity contribution in [2.45, 2.75) is 19.4 Å². The van der Waals surface area contributed by atoms with E-state index in [0.717, 1.165) is 5.56 Å². The van der Waals surface area contributed by atoms with Crippen LogP contribution in [0.1, 0.15) is 25.0 Å². The van der Waals surface area contributed by atoms with Gasteiger partial charge in [0.1, 0.15) is 6.10 Å². The molecule has 1 aromatic heterocycles. The van der Waals surface area contributed by atoms with Crippen LogP contribution in [0.3, 0.4) is 0 Å². The molecule has 0 aliphatic rings. The van der Waals surface area contributed by atoms with E-state index in [9.17, 15) is 5.11 Å². The van der Waals surface area contributed by atoms with Gasteiger partial charge in [0.05, 0.1) is 0 Å². The molecule has 1 heterocycles. The van der Waals surface area contributed by atoms with Crippen LogP contribution < -0.4 is 0 Å². The lowest BCUT2D eigenvalue weighted by Crippen LogP contribution is -1.88. The second-order valence-electron chi connectivity index (χ2n) is 1.95. The Hall–Kier alpha value is -0.340. The van der Waals surface area contributed by atoms with E-state index in [1.165, 1.54) is 0 Å². The van der Waals surface area contributed by atoms with Crippen LogP contribution in [-0.2, 0) is 5.11 Å². The molecule has 0 spiro atoms. The van der Waals surface area contributed by atoms with Gasteiger partial charge in [-0.3, -0.25) is 0 Å². The zero-order valence-corrected chi connectivity index (χ0v) is 6.15. The van der Waals surface area contributed by atoms with Crippen molar-refractivity contribution in [1.82, 2.24) is 0 Å². The van der Waals surface area contributed by atoms with E-state index < -0.39 is 6.10 Å². The minimum absolute atomic E-state index is 0.503. The molecule has 0 aromatic carbocycles. The van der Waals surface area contributed by atoms with E-state index in [1.54, 1.807) is 11.3 Å². The molecule has 0 saturated carbocycles. The molecule has 1 nitrogen and oxygen atoms in total. The van der Waals surface area contributed by atoms with Crippen molar-refractivity contribution in [3.8, 4) is 0 Å². The summed E-state index contributed by atoms with van der Waals surface area (Å²) in [6.07, 6.45) is 0.188. The van der Waals surface area contributed by atoms with Gasteiger partial charge >= 0.3 is 0 Å². The highest BCUT2D eigenvalue weighted by Gasteiger charge is 2.04. The second kappa shape index (κ2) is 2.99. The number of hydrogen-bond donors (Lipinski definition) is 0. The Morgan fingerprint density at radius 2 is 2.56 bits per heavy atom. The largest absolute Gasteiger partial charge is 0.228 e. The smallest absolute Gasteiger partial charge is 0.118 e. The molecule has 1 radical (unpaired) electrons. The molecule has 0 aliphatic heterocycles. The fourth-order valence-electron chi connectivity index (χ4n) is 0.694. The first-order chi connectivity index (χ1) is 4.34. The molecule has 9 heavy (non-hydrogen) atoms. The van der Waals surface area contributed by atoms with Gasteiger partial charge in [0.15, 0.2) is 0 Å². The summed E-state index contributed by atoms with van der Waals surface area (Å²) in [6.45, 7) is 1.91. The fraction of sp³-hybridized carbons (Fsp3) is 0.429. The van der Waals surface area contributed by atoms with Crippen molar-refractivity contribution < 1.29 is 5.11 Å². The van der Waals surface area contributed by atoms with E-state index in [0.29, 0.717) is 6.42 Å². The van der Waals surface area contributed by atoms with Gasteiger partial charge in [-0.05, 0) is 28.8 Å². The standard InChI is InChI=1S/C7H9OS/c1-2-7(8)6-3-4-9-5-6/h3-5,7H,2H2,1H3. The fourth-order valence-corrected chi connectivity index (χ4v) is 1.40. The van der Waals surface area contributed by atoms with Crippen LogP contribution in [0.2, 0.25) is 0 Å². The lowest BCUT2D eigenvalue weighted by molar-refractivity contribution is 0.0861. The van der Waals surface area contributed by atoms with E-state index in [-0.39, 0.29) is 0 Å². The Kier molecular flexibility index (Phi) is 2.25. The van der Waals surface area contributed by atoms with Crippen LogP contribution in [0.5, 0.6) is 0 Å². The van der Waals surface area contributed by atoms with Gasteiger partial charge in [-0.15, -0.1) is 0 Å². The number of rotatable bonds is 2. The predicted octanol–water partition coefficient (Wildman–Crippen LogP) is 2.63. The van der Waals surface area contributed by atoms with Gasteiger partial charge in [0.2, 0.25) is 0 Å². The summed E-state index contributed by atoms with van der Waals surface area (Å²) in [5, 5.41) is 14.8. The summed E-state index contributed by atoms with van der Waals surface area (Å²) in [5.41, 5.74) is 0.933. The Morgan fingerprint density at radius 1 is 1.78 bits per heavy atom. The first-order valence-corrected chi connectivity index (χ1v) is 3.96. The maximum atomic E-state index is 11.0. The topological polar surface area (TPSA) is 19.9 Å². The average molecular weight is 141 g/mol. The maximum absolute atomic E-state index is 11.0. The lowest BCUT2D eigenvalue weighted by atomic mass is 10.1. The van der Waals surface area contributed by atoms with Crippen LogP contribution in [0.15, 0.2) is 16.8 Å². The molecule has 1 unspecified atom stereocenters. The highest BCUT2D eigenvalue weighted by molar-refractivity contribution is 7.07. The first-order valence-electron chi connectivity index (χ1n) is 3.02. The summed E-state index contributed by atoms with van der Waals surface area (Å²) < 4.78 is 0. The highest BCUT2D eigenvalue weighted by atomic mass is 32.1. The monoisotopic (exact) mass is 141 g/mol. The van der Waals surface area contributed by atoms with Crippen molar-refractivity contribution in [1.29, 1.82) is 0 Å². The van der Waals surface area contributed by atoms with Crippen molar-refractivity contribution in [3.05, 3.63) is 22.4 Å². The van der Waals surface area contributed by atoms with Crippen LogP contribution in [0.4, 0.5) is 0 Å². The molecular weight excluding hydrogens is 132 g/mol. The van der Waals surface area contributed by atoms with Gasteiger partial charge in [-0.1, -0.05) is 6.92 Å². The third-order valence-electron chi connectivity index (χ3n) is 1.29. The van der Waals surface area contributed by atoms with Gasteiger partial charge in [-0.2, -0.15) is 11.3 Å². The third kappa shape index (κ3) is 1.53. The second-order valence-corrected chi connectivity index (χ2v) is 2.73. The van der Waals surface area contributed by atoms with E-state index in [4.69, 9.17) is 0 Å². The molecule has 2 heteroatoms. The average Bonchev–Trinajstić information content (AvgIpc) is 2.37. The Labute approximate surface area is 59.0 Å². The van der Waals surface area contributed by atoms with Crippen LogP contribution in [0.25, 0.3) is 0 Å². The number of thiophene rings is 1. The van der Waals surface area contributed by atoms with E-state index >= 15 is 0 Å². The third-order valence-corrected chi connectivity index (χ3v) is 1.99. The Balaban J connectivity index is 2.65. The zero-order valence-electron chi connectivity index (χ0n) is 5.33. The van der Waals surface area contributed by atoms with Crippen LogP contribution in [0, 0.1) is 0 Å². The normalized spacial score (nSPS) is 13.6. The molecule has 0 saturated heterocycles. The first kappa shape index (κ1) is 6.78. The summed E-state index contributed by atoms with van der Waals surface area (Å²) in [5.74, 6) is 0. The quantitative estimate of drug-likeness (QED) is 0.603. The lowest BCUT2D eigenvalue weighted by Gasteiger charge is -1.98. The molecule has 1 atom stereocenters. The van der Waals surface area contributed by atoms with Crippen LogP contribution in [-0.4, -0.2) is 0 Å². The SMILES string of the molecule is CCC([O])c1ccsc1. The summed E-state index contributed by atoms with van der Waals surface area (Å²) >= 11 is 1.58. The van der Waals surface area contributed by atoms with Gasteiger partial charge in [0.25, 0.3) is 0 Å². The Morgan fingerprint density at radius 3 is 3.00 bits per heavy atom. The minimum atomic E-state index is -0.503. The highest BCUT2D eigenvalue weighted by Crippen LogP contribution is 2.18. The molecule has 0 amide bonds. The van der Waals surface area contributed by atoms with E-state index in [2.05, 4.69) is 0 Å². The Bertz CT molecular complexity index is 157. The van der Waals surface area contributed by atoms with Gasteiger partial charge < -0.3 is 0 Å². The molecule has 49 valence electrons. The summed E-state index contributed by atoms with van der Waals surface area (Å²) in [4.78, 5) is 0. The molecular formula is C7H9OS. The summed E-state index contributed by atoms with van der Waals surface area (Å²) in [7, 11) is 0. The van der Waals surface area contributed by atoms with Crippen molar-refractivity contribution in [2.75, 3.05) is 0 Å². The van der Waals surface area contributed by atoms with E-state index in [1.807, 2.05) is 23.8 Å². The molecule has 0 bridgehead atoms.